The lowest BCUT2D eigenvalue weighted by molar-refractivity contribution is -0.143. The van der Waals surface area contributed by atoms with Crippen LogP contribution in [-0.2, 0) is 16.0 Å². The molecule has 0 saturated carbocycles. The van der Waals surface area contributed by atoms with Crippen molar-refractivity contribution in [3.05, 3.63) is 71.3 Å². The average Bonchev–Trinajstić information content (AvgIpc) is 2.81. The van der Waals surface area contributed by atoms with Gasteiger partial charge in [0.2, 0.25) is 11.8 Å². The molecule has 1 heterocycles. The molecule has 0 bridgehead atoms. The molecule has 2 amide bonds. The van der Waals surface area contributed by atoms with E-state index in [2.05, 4.69) is 49.3 Å². The maximum Gasteiger partial charge on any atom is 0.247 e. The van der Waals surface area contributed by atoms with Gasteiger partial charge in [-0.3, -0.25) is 14.5 Å². The van der Waals surface area contributed by atoms with Crippen LogP contribution in [0, 0.1) is 0 Å². The van der Waals surface area contributed by atoms with Gasteiger partial charge in [-0.1, -0.05) is 54.6 Å². The van der Waals surface area contributed by atoms with Crippen LogP contribution in [0.4, 0.5) is 0 Å². The molecule has 6 nitrogen and oxygen atoms in total. The van der Waals surface area contributed by atoms with E-state index < -0.39 is 12.1 Å². The summed E-state index contributed by atoms with van der Waals surface area (Å²) >= 11 is 0. The van der Waals surface area contributed by atoms with Gasteiger partial charge >= 0.3 is 0 Å². The van der Waals surface area contributed by atoms with Gasteiger partial charge in [-0.2, -0.15) is 0 Å². The molecule has 2 aromatic rings. The minimum Gasteiger partial charge on any atom is -0.353 e. The molecule has 1 aliphatic heterocycles. The molecule has 0 saturated heterocycles. The van der Waals surface area contributed by atoms with E-state index in [1.807, 2.05) is 48.5 Å². The molecule has 0 aliphatic carbocycles. The molecular formula is C27H40Cl2N4O2. The summed E-state index contributed by atoms with van der Waals surface area (Å²) in [7, 11) is 1.79. The molecule has 194 valence electrons. The summed E-state index contributed by atoms with van der Waals surface area (Å²) in [5.41, 5.74) is 2.95. The van der Waals surface area contributed by atoms with E-state index in [0.29, 0.717) is 25.2 Å². The highest BCUT2D eigenvalue weighted by Gasteiger charge is 2.38. The Morgan fingerprint density at radius 1 is 0.971 bits per heavy atom. The van der Waals surface area contributed by atoms with Crippen LogP contribution in [0.3, 0.4) is 0 Å². The summed E-state index contributed by atoms with van der Waals surface area (Å²) in [6, 6.07) is 17.3. The van der Waals surface area contributed by atoms with E-state index in [1.165, 1.54) is 0 Å². The third-order valence-electron chi connectivity index (χ3n) is 6.48. The van der Waals surface area contributed by atoms with E-state index >= 15 is 0 Å². The third kappa shape index (κ3) is 7.43. The van der Waals surface area contributed by atoms with Crippen molar-refractivity contribution in [2.24, 2.45) is 0 Å². The Labute approximate surface area is 222 Å². The Balaban J connectivity index is 0.00000306. The van der Waals surface area contributed by atoms with Gasteiger partial charge in [0, 0.05) is 31.7 Å². The van der Waals surface area contributed by atoms with Gasteiger partial charge < -0.3 is 15.5 Å². The van der Waals surface area contributed by atoms with Gasteiger partial charge in [-0.25, -0.2) is 0 Å². The molecule has 35 heavy (non-hydrogen) atoms. The van der Waals surface area contributed by atoms with Gasteiger partial charge in [0.15, 0.2) is 0 Å². The van der Waals surface area contributed by atoms with Crippen molar-refractivity contribution < 1.29 is 9.59 Å². The summed E-state index contributed by atoms with van der Waals surface area (Å²) in [5.74, 6) is -0.199. The molecular weight excluding hydrogens is 483 g/mol. The monoisotopic (exact) mass is 522 g/mol. The third-order valence-corrected chi connectivity index (χ3v) is 6.48. The number of nitrogens with zero attached hydrogens (tertiary/aromatic N) is 2. The first-order valence-corrected chi connectivity index (χ1v) is 12.0. The Morgan fingerprint density at radius 3 is 2.17 bits per heavy atom. The minimum absolute atomic E-state index is 0. The van der Waals surface area contributed by atoms with E-state index in [1.54, 1.807) is 11.9 Å². The second-order valence-electron chi connectivity index (χ2n) is 9.23. The number of halogens is 2. The molecule has 0 aromatic heterocycles. The number of rotatable bonds is 9. The van der Waals surface area contributed by atoms with E-state index in [0.717, 1.165) is 29.7 Å². The summed E-state index contributed by atoms with van der Waals surface area (Å²) in [6.07, 6.45) is 0.741. The van der Waals surface area contributed by atoms with Crippen molar-refractivity contribution >= 4 is 36.6 Å². The van der Waals surface area contributed by atoms with Crippen molar-refractivity contribution in [3.8, 4) is 0 Å². The lowest BCUT2D eigenvalue weighted by atomic mass is 9.91. The number of carbonyl (C=O) groups is 2. The Bertz CT molecular complexity index is 932. The second kappa shape index (κ2) is 14.4. The van der Waals surface area contributed by atoms with Crippen LogP contribution in [0.2, 0.25) is 0 Å². The predicted octanol–water partition coefficient (Wildman–Crippen LogP) is 4.15. The summed E-state index contributed by atoms with van der Waals surface area (Å²) in [5, 5.41) is 6.27. The Hall–Kier alpha value is -2.12. The number of hydrogen-bond acceptors (Lipinski definition) is 4. The molecule has 2 unspecified atom stereocenters. The maximum absolute atomic E-state index is 13.7. The number of amides is 2. The largest absolute Gasteiger partial charge is 0.353 e. The summed E-state index contributed by atoms with van der Waals surface area (Å²) in [6.45, 7) is 10.5. The molecule has 2 atom stereocenters. The van der Waals surface area contributed by atoms with Crippen molar-refractivity contribution in [3.63, 3.8) is 0 Å². The van der Waals surface area contributed by atoms with Gasteiger partial charge in [-0.15, -0.1) is 24.8 Å². The van der Waals surface area contributed by atoms with Gasteiger partial charge in [0.25, 0.3) is 0 Å². The summed E-state index contributed by atoms with van der Waals surface area (Å²) in [4.78, 5) is 31.3. The molecule has 2 N–H and O–H groups in total. The van der Waals surface area contributed by atoms with Crippen LogP contribution < -0.4 is 10.6 Å². The Morgan fingerprint density at radius 2 is 1.57 bits per heavy atom. The highest BCUT2D eigenvalue weighted by atomic mass is 35.5. The van der Waals surface area contributed by atoms with E-state index in [4.69, 9.17) is 0 Å². The zero-order chi connectivity index (χ0) is 24.0. The number of hydrogen-bond donors (Lipinski definition) is 2. The zero-order valence-electron chi connectivity index (χ0n) is 21.4. The number of likely N-dealkylation sites (N-methyl/N-ethyl adjacent to an activating group) is 1. The molecule has 2 aromatic carbocycles. The fourth-order valence-corrected chi connectivity index (χ4v) is 4.85. The number of benzene rings is 2. The van der Waals surface area contributed by atoms with Gasteiger partial charge in [0.05, 0.1) is 0 Å². The van der Waals surface area contributed by atoms with Gasteiger partial charge in [-0.05, 0) is 57.9 Å². The fourth-order valence-electron chi connectivity index (χ4n) is 4.85. The predicted molar refractivity (Wildman–Crippen MR) is 147 cm³/mol. The van der Waals surface area contributed by atoms with Crippen LogP contribution in [0.5, 0.6) is 0 Å². The van der Waals surface area contributed by atoms with Crippen LogP contribution in [0.15, 0.2) is 54.6 Å². The molecule has 0 radical (unpaired) electrons. The molecule has 3 rings (SSSR count). The first-order valence-electron chi connectivity index (χ1n) is 12.0. The normalized spacial score (nSPS) is 15.8. The average molecular weight is 524 g/mol. The quantitative estimate of drug-likeness (QED) is 0.519. The molecule has 1 aliphatic rings. The van der Waals surface area contributed by atoms with Crippen molar-refractivity contribution in [2.45, 2.75) is 58.3 Å². The SMILES string of the molecule is CNC(C(=O)N1CCc2ccccc2C1C(=O)NCCN(C(C)C)C(C)C)c1ccccc1.Cl.Cl. The maximum atomic E-state index is 13.7. The molecule has 0 spiro atoms. The zero-order valence-corrected chi connectivity index (χ0v) is 23.0. The first kappa shape index (κ1) is 30.9. The second-order valence-corrected chi connectivity index (χ2v) is 9.23. The van der Waals surface area contributed by atoms with Crippen molar-refractivity contribution in [2.75, 3.05) is 26.7 Å². The van der Waals surface area contributed by atoms with Crippen molar-refractivity contribution in [1.82, 2.24) is 20.4 Å². The first-order chi connectivity index (χ1) is 15.8. The van der Waals surface area contributed by atoms with Crippen LogP contribution in [0.1, 0.15) is 56.5 Å². The highest BCUT2D eigenvalue weighted by Crippen LogP contribution is 2.32. The number of fused-ring (bicyclic) bond motifs is 1. The van der Waals surface area contributed by atoms with Crippen molar-refractivity contribution in [1.29, 1.82) is 0 Å². The lowest BCUT2D eigenvalue weighted by Crippen LogP contribution is -2.51. The fraction of sp³-hybridized carbons (Fsp3) is 0.481. The van der Waals surface area contributed by atoms with Crippen LogP contribution in [-0.4, -0.2) is 60.4 Å². The minimum atomic E-state index is -0.631. The molecule has 8 heteroatoms. The highest BCUT2D eigenvalue weighted by molar-refractivity contribution is 5.92. The number of carbonyl (C=O) groups excluding carboxylic acids is 2. The standard InChI is InChI=1S/C27H38N4O2.2ClH/c1-19(2)30(20(3)4)18-16-29-26(32)25-23-14-10-9-11-21(23)15-17-31(25)27(33)24(28-5)22-12-7-6-8-13-22;;/h6-14,19-20,24-25,28H,15-18H2,1-5H3,(H,29,32);2*1H. The van der Waals surface area contributed by atoms with Gasteiger partial charge in [0.1, 0.15) is 12.1 Å². The van der Waals surface area contributed by atoms with E-state index in [9.17, 15) is 9.59 Å². The smallest absolute Gasteiger partial charge is 0.247 e. The lowest BCUT2D eigenvalue weighted by Gasteiger charge is -2.38. The Kier molecular flexibility index (Phi) is 12.8. The number of nitrogens with one attached hydrogen (secondary N) is 2. The van der Waals surface area contributed by atoms with Crippen LogP contribution in [0.25, 0.3) is 0 Å². The van der Waals surface area contributed by atoms with E-state index in [-0.39, 0.29) is 36.6 Å². The topological polar surface area (TPSA) is 64.7 Å². The molecule has 0 fully saturated rings. The summed E-state index contributed by atoms with van der Waals surface area (Å²) < 4.78 is 0. The van der Waals surface area contributed by atoms with Crippen LogP contribution >= 0.6 is 24.8 Å².